The Kier molecular flexibility index (Phi) is 5.11. The molecule has 3 heterocycles. The molecule has 0 aliphatic carbocycles. The van der Waals surface area contributed by atoms with Crippen molar-refractivity contribution in [1.82, 2.24) is 14.9 Å². The summed E-state index contributed by atoms with van der Waals surface area (Å²) in [4.78, 5) is 23.6. The van der Waals surface area contributed by atoms with Gasteiger partial charge in [-0.1, -0.05) is 17.7 Å². The molecule has 7 heteroatoms. The predicted octanol–water partition coefficient (Wildman–Crippen LogP) is 4.37. The number of hydrogen-bond acceptors (Lipinski definition) is 5. The van der Waals surface area contributed by atoms with Crippen LogP contribution >= 0.6 is 11.6 Å². The number of hydrogen-bond donors (Lipinski definition) is 1. The number of nitrogens with one attached hydrogen (secondary N) is 1. The zero-order valence-electron chi connectivity index (χ0n) is 16.5. The summed E-state index contributed by atoms with van der Waals surface area (Å²) in [6, 6.07) is 11.4. The number of rotatable bonds is 5. The normalized spacial score (nSPS) is 12.8. The number of pyridine rings is 2. The van der Waals surface area contributed by atoms with Gasteiger partial charge in [-0.25, -0.2) is 0 Å². The molecule has 0 saturated carbocycles. The van der Waals surface area contributed by atoms with Crippen LogP contribution in [-0.2, 0) is 13.0 Å². The van der Waals surface area contributed by atoms with E-state index in [0.29, 0.717) is 40.7 Å². The van der Waals surface area contributed by atoms with Crippen molar-refractivity contribution in [3.8, 4) is 5.75 Å². The van der Waals surface area contributed by atoms with Crippen molar-refractivity contribution >= 4 is 28.9 Å². The van der Waals surface area contributed by atoms with Gasteiger partial charge in [0.15, 0.2) is 5.75 Å². The highest BCUT2D eigenvalue weighted by molar-refractivity contribution is 6.32. The Bertz CT molecular complexity index is 1100. The molecular formula is C22H21ClN4O2. The summed E-state index contributed by atoms with van der Waals surface area (Å²) >= 11 is 6.26. The monoisotopic (exact) mass is 408 g/mol. The van der Waals surface area contributed by atoms with Crippen LogP contribution in [0.25, 0.3) is 0 Å². The summed E-state index contributed by atoms with van der Waals surface area (Å²) in [7, 11) is 3.34. The summed E-state index contributed by atoms with van der Waals surface area (Å²) in [5.41, 5.74) is 5.63. The average Bonchev–Trinajstić information content (AvgIpc) is 2.96. The Hall–Kier alpha value is -3.12. The quantitative estimate of drug-likeness (QED) is 0.679. The average molecular weight is 409 g/mol. The largest absolute Gasteiger partial charge is 0.493 e. The van der Waals surface area contributed by atoms with Crippen LogP contribution in [0.3, 0.4) is 0 Å². The van der Waals surface area contributed by atoms with E-state index in [4.69, 9.17) is 21.3 Å². The minimum atomic E-state index is -0.0591. The number of para-hydroxylation sites is 1. The maximum Gasteiger partial charge on any atom is 0.257 e. The SMILES string of the molecule is COc1c(Cl)cccc1Nc1cc(Cc2cc(C)ccn2)nc2c1C(=O)N(C)C2. The highest BCUT2D eigenvalue weighted by Gasteiger charge is 2.30. The van der Waals surface area contributed by atoms with Crippen molar-refractivity contribution < 1.29 is 9.53 Å². The van der Waals surface area contributed by atoms with E-state index in [0.717, 1.165) is 22.6 Å². The van der Waals surface area contributed by atoms with Gasteiger partial charge < -0.3 is 15.0 Å². The van der Waals surface area contributed by atoms with Crippen molar-refractivity contribution in [2.45, 2.75) is 19.9 Å². The zero-order chi connectivity index (χ0) is 20.5. The van der Waals surface area contributed by atoms with Gasteiger partial charge in [0.1, 0.15) is 0 Å². The molecule has 0 saturated heterocycles. The topological polar surface area (TPSA) is 67.3 Å². The molecule has 0 radical (unpaired) electrons. The molecule has 1 aliphatic rings. The van der Waals surface area contributed by atoms with Gasteiger partial charge in [-0.05, 0) is 42.8 Å². The van der Waals surface area contributed by atoms with Crippen LogP contribution in [0, 0.1) is 6.92 Å². The van der Waals surface area contributed by atoms with Gasteiger partial charge in [-0.15, -0.1) is 0 Å². The smallest absolute Gasteiger partial charge is 0.257 e. The molecule has 0 bridgehead atoms. The number of aromatic nitrogens is 2. The highest BCUT2D eigenvalue weighted by Crippen LogP contribution is 2.37. The maximum atomic E-state index is 12.7. The predicted molar refractivity (Wildman–Crippen MR) is 113 cm³/mol. The number of carbonyl (C=O) groups is 1. The van der Waals surface area contributed by atoms with Crippen LogP contribution in [0.5, 0.6) is 5.75 Å². The Morgan fingerprint density at radius 1 is 1.21 bits per heavy atom. The first kappa shape index (κ1) is 19.2. The third kappa shape index (κ3) is 3.76. The number of amides is 1. The van der Waals surface area contributed by atoms with Crippen molar-refractivity contribution in [3.63, 3.8) is 0 Å². The number of benzene rings is 1. The fourth-order valence-electron chi connectivity index (χ4n) is 3.53. The second-order valence-electron chi connectivity index (χ2n) is 7.09. The molecule has 2 aromatic heterocycles. The van der Waals surface area contributed by atoms with E-state index in [2.05, 4.69) is 10.3 Å². The summed E-state index contributed by atoms with van der Waals surface area (Å²) < 4.78 is 5.44. The second-order valence-corrected chi connectivity index (χ2v) is 7.50. The Morgan fingerprint density at radius 2 is 2.03 bits per heavy atom. The lowest BCUT2D eigenvalue weighted by Crippen LogP contribution is -2.18. The molecule has 6 nitrogen and oxygen atoms in total. The number of carbonyl (C=O) groups excluding carboxylic acids is 1. The molecule has 1 N–H and O–H groups in total. The first-order valence-corrected chi connectivity index (χ1v) is 9.63. The zero-order valence-corrected chi connectivity index (χ0v) is 17.2. The van der Waals surface area contributed by atoms with Gasteiger partial charge in [0, 0.05) is 31.1 Å². The van der Waals surface area contributed by atoms with E-state index in [1.807, 2.05) is 37.3 Å². The van der Waals surface area contributed by atoms with Crippen molar-refractivity contribution in [3.05, 3.63) is 75.8 Å². The van der Waals surface area contributed by atoms with Crippen LogP contribution in [0.1, 0.15) is 33.0 Å². The van der Waals surface area contributed by atoms with Crippen LogP contribution in [0.15, 0.2) is 42.6 Å². The van der Waals surface area contributed by atoms with Crippen LogP contribution in [0.4, 0.5) is 11.4 Å². The summed E-state index contributed by atoms with van der Waals surface area (Å²) in [5, 5.41) is 3.83. The number of ether oxygens (including phenoxy) is 1. The van der Waals surface area contributed by atoms with Gasteiger partial charge in [0.2, 0.25) is 0 Å². The van der Waals surface area contributed by atoms with Gasteiger partial charge in [0.25, 0.3) is 5.91 Å². The lowest BCUT2D eigenvalue weighted by atomic mass is 10.1. The van der Waals surface area contributed by atoms with Gasteiger partial charge >= 0.3 is 0 Å². The van der Waals surface area contributed by atoms with Crippen LogP contribution in [0.2, 0.25) is 5.02 Å². The van der Waals surface area contributed by atoms with Gasteiger partial charge in [-0.3, -0.25) is 14.8 Å². The molecule has 0 spiro atoms. The maximum absolute atomic E-state index is 12.7. The summed E-state index contributed by atoms with van der Waals surface area (Å²) in [6.07, 6.45) is 2.37. The minimum absolute atomic E-state index is 0.0591. The fraction of sp³-hybridized carbons (Fsp3) is 0.227. The lowest BCUT2D eigenvalue weighted by molar-refractivity contribution is 0.0817. The first-order chi connectivity index (χ1) is 14.0. The molecule has 0 atom stereocenters. The van der Waals surface area contributed by atoms with E-state index < -0.39 is 0 Å². The molecule has 4 rings (SSSR count). The number of aryl methyl sites for hydroxylation is 1. The van der Waals surface area contributed by atoms with Crippen LogP contribution < -0.4 is 10.1 Å². The molecule has 3 aromatic rings. The molecule has 1 aliphatic heterocycles. The van der Waals surface area contributed by atoms with E-state index >= 15 is 0 Å². The molecule has 1 amide bonds. The van der Waals surface area contributed by atoms with Crippen molar-refractivity contribution in [2.24, 2.45) is 0 Å². The second kappa shape index (κ2) is 7.72. The number of nitrogens with zero attached hydrogens (tertiary/aromatic N) is 3. The molecule has 0 unspecified atom stereocenters. The Balaban J connectivity index is 1.77. The highest BCUT2D eigenvalue weighted by atomic mass is 35.5. The molecule has 0 fully saturated rings. The van der Waals surface area contributed by atoms with Gasteiger partial charge in [0.05, 0.1) is 41.3 Å². The lowest BCUT2D eigenvalue weighted by Gasteiger charge is -2.15. The first-order valence-electron chi connectivity index (χ1n) is 9.25. The standard InChI is InChI=1S/C22H21ClN4O2/c1-13-7-8-24-14(9-13)10-15-11-18(20-19(25-15)12-27(2)22(20)28)26-17-6-4-5-16(23)21(17)29-3/h4-9,11H,10,12H2,1-3H3,(H,25,26). The van der Waals surface area contributed by atoms with Gasteiger partial charge in [-0.2, -0.15) is 0 Å². The Morgan fingerprint density at radius 3 is 2.79 bits per heavy atom. The number of methoxy groups -OCH3 is 1. The third-order valence-corrected chi connectivity index (χ3v) is 5.17. The molecule has 29 heavy (non-hydrogen) atoms. The van der Waals surface area contributed by atoms with E-state index in [1.54, 1.807) is 31.3 Å². The van der Waals surface area contributed by atoms with Crippen molar-refractivity contribution in [2.75, 3.05) is 19.5 Å². The van der Waals surface area contributed by atoms with E-state index in [9.17, 15) is 4.79 Å². The fourth-order valence-corrected chi connectivity index (χ4v) is 3.78. The third-order valence-electron chi connectivity index (χ3n) is 4.87. The molecular weight excluding hydrogens is 388 g/mol. The number of fused-ring (bicyclic) bond motifs is 1. The molecule has 148 valence electrons. The van der Waals surface area contributed by atoms with E-state index in [1.165, 1.54) is 0 Å². The number of halogens is 1. The van der Waals surface area contributed by atoms with Crippen molar-refractivity contribution in [1.29, 1.82) is 0 Å². The Labute approximate surface area is 174 Å². The van der Waals surface area contributed by atoms with E-state index in [-0.39, 0.29) is 5.91 Å². The van der Waals surface area contributed by atoms with Crippen LogP contribution in [-0.4, -0.2) is 34.9 Å². The number of anilines is 2. The molecule has 1 aromatic carbocycles. The summed E-state index contributed by atoms with van der Waals surface area (Å²) in [5.74, 6) is 0.469. The minimum Gasteiger partial charge on any atom is -0.493 e. The summed E-state index contributed by atoms with van der Waals surface area (Å²) in [6.45, 7) is 2.51.